The lowest BCUT2D eigenvalue weighted by Crippen LogP contribution is -2.34. The molecule has 0 unspecified atom stereocenters. The molecule has 0 fully saturated rings. The lowest BCUT2D eigenvalue weighted by atomic mass is 10.3. The summed E-state index contributed by atoms with van der Waals surface area (Å²) in [5.74, 6) is -0.232. The van der Waals surface area contributed by atoms with Gasteiger partial charge in [-0.15, -0.1) is 0 Å². The van der Waals surface area contributed by atoms with Crippen LogP contribution in [-0.2, 0) is 14.3 Å². The van der Waals surface area contributed by atoms with Gasteiger partial charge < -0.3 is 20.7 Å². The SMILES string of the molecule is CNC(=O)CCN(C)C(=O)COCCN. The van der Waals surface area contributed by atoms with Crippen molar-refractivity contribution in [2.24, 2.45) is 5.73 Å². The van der Waals surface area contributed by atoms with Crippen LogP contribution in [0.25, 0.3) is 0 Å². The van der Waals surface area contributed by atoms with E-state index in [9.17, 15) is 9.59 Å². The lowest BCUT2D eigenvalue weighted by Gasteiger charge is -2.16. The van der Waals surface area contributed by atoms with Gasteiger partial charge in [0.2, 0.25) is 11.8 Å². The highest BCUT2D eigenvalue weighted by Gasteiger charge is 2.09. The first-order chi connectivity index (χ1) is 7.11. The van der Waals surface area contributed by atoms with Crippen molar-refractivity contribution in [3.63, 3.8) is 0 Å². The zero-order chi connectivity index (χ0) is 11.7. The number of nitrogens with zero attached hydrogens (tertiary/aromatic N) is 1. The fraction of sp³-hybridized carbons (Fsp3) is 0.778. The Kier molecular flexibility index (Phi) is 7.57. The average Bonchev–Trinajstić information content (AvgIpc) is 2.25. The minimum atomic E-state index is -0.146. The van der Waals surface area contributed by atoms with E-state index in [2.05, 4.69) is 5.32 Å². The van der Waals surface area contributed by atoms with Gasteiger partial charge in [-0.25, -0.2) is 0 Å². The van der Waals surface area contributed by atoms with Crippen molar-refractivity contribution in [1.29, 1.82) is 0 Å². The molecular formula is C9H19N3O3. The number of hydrogen-bond acceptors (Lipinski definition) is 4. The number of hydrogen-bond donors (Lipinski definition) is 2. The molecule has 0 aromatic heterocycles. The van der Waals surface area contributed by atoms with Crippen molar-refractivity contribution in [2.75, 3.05) is 40.4 Å². The Morgan fingerprint density at radius 3 is 2.67 bits per heavy atom. The predicted molar refractivity (Wildman–Crippen MR) is 56.2 cm³/mol. The molecule has 0 aromatic carbocycles. The van der Waals surface area contributed by atoms with E-state index >= 15 is 0 Å². The van der Waals surface area contributed by atoms with Crippen LogP contribution in [0.2, 0.25) is 0 Å². The summed E-state index contributed by atoms with van der Waals surface area (Å²) < 4.78 is 4.98. The molecule has 0 aliphatic carbocycles. The van der Waals surface area contributed by atoms with E-state index in [4.69, 9.17) is 10.5 Å². The third kappa shape index (κ3) is 6.87. The summed E-state index contributed by atoms with van der Waals surface area (Å²) >= 11 is 0. The zero-order valence-electron chi connectivity index (χ0n) is 9.28. The molecule has 6 heteroatoms. The molecule has 0 aliphatic rings. The fourth-order valence-electron chi connectivity index (χ4n) is 0.872. The smallest absolute Gasteiger partial charge is 0.248 e. The molecular weight excluding hydrogens is 198 g/mol. The summed E-state index contributed by atoms with van der Waals surface area (Å²) in [7, 11) is 3.20. The van der Waals surface area contributed by atoms with Gasteiger partial charge in [0.15, 0.2) is 0 Å². The van der Waals surface area contributed by atoms with Crippen LogP contribution >= 0.6 is 0 Å². The summed E-state index contributed by atoms with van der Waals surface area (Å²) in [6, 6.07) is 0. The lowest BCUT2D eigenvalue weighted by molar-refractivity contribution is -0.135. The van der Waals surface area contributed by atoms with E-state index in [1.807, 2.05) is 0 Å². The van der Waals surface area contributed by atoms with Crippen LogP contribution in [0.15, 0.2) is 0 Å². The minimum absolute atomic E-state index is 0.0153. The van der Waals surface area contributed by atoms with Gasteiger partial charge in [0, 0.05) is 33.6 Å². The summed E-state index contributed by atoms with van der Waals surface area (Å²) in [5, 5.41) is 2.49. The highest BCUT2D eigenvalue weighted by atomic mass is 16.5. The van der Waals surface area contributed by atoms with Crippen LogP contribution in [0, 0.1) is 0 Å². The molecule has 15 heavy (non-hydrogen) atoms. The molecule has 0 aliphatic heterocycles. The van der Waals surface area contributed by atoms with E-state index in [0.717, 1.165) is 0 Å². The van der Waals surface area contributed by atoms with Crippen molar-refractivity contribution < 1.29 is 14.3 Å². The minimum Gasteiger partial charge on any atom is -0.370 e. The van der Waals surface area contributed by atoms with Gasteiger partial charge in [-0.3, -0.25) is 9.59 Å². The third-order valence-electron chi connectivity index (χ3n) is 1.87. The Hall–Kier alpha value is -1.14. The van der Waals surface area contributed by atoms with Crippen LogP contribution in [-0.4, -0.2) is 57.1 Å². The summed E-state index contributed by atoms with van der Waals surface area (Å²) in [5.41, 5.74) is 5.20. The Balaban J connectivity index is 3.64. The fourth-order valence-corrected chi connectivity index (χ4v) is 0.872. The maximum absolute atomic E-state index is 11.3. The van der Waals surface area contributed by atoms with E-state index in [1.165, 1.54) is 4.90 Å². The monoisotopic (exact) mass is 217 g/mol. The summed E-state index contributed by atoms with van der Waals surface area (Å²) in [6.07, 6.45) is 0.301. The summed E-state index contributed by atoms with van der Waals surface area (Å²) in [6.45, 7) is 1.18. The van der Waals surface area contributed by atoms with Crippen LogP contribution in [0.3, 0.4) is 0 Å². The van der Waals surface area contributed by atoms with Crippen molar-refractivity contribution in [1.82, 2.24) is 10.2 Å². The van der Waals surface area contributed by atoms with Gasteiger partial charge in [-0.1, -0.05) is 0 Å². The van der Waals surface area contributed by atoms with Gasteiger partial charge in [0.25, 0.3) is 0 Å². The number of ether oxygens (including phenoxy) is 1. The first kappa shape index (κ1) is 13.9. The number of rotatable bonds is 7. The topological polar surface area (TPSA) is 84.7 Å². The second-order valence-corrected chi connectivity index (χ2v) is 3.08. The maximum atomic E-state index is 11.3. The quantitative estimate of drug-likeness (QED) is 0.511. The first-order valence-electron chi connectivity index (χ1n) is 4.84. The molecule has 0 saturated carbocycles. The molecule has 0 radical (unpaired) electrons. The molecule has 0 heterocycles. The molecule has 0 atom stereocenters. The van der Waals surface area contributed by atoms with E-state index < -0.39 is 0 Å². The van der Waals surface area contributed by atoms with Crippen LogP contribution < -0.4 is 11.1 Å². The Morgan fingerprint density at radius 1 is 1.47 bits per heavy atom. The standard InChI is InChI=1S/C9H19N3O3/c1-11-8(13)3-5-12(2)9(14)7-15-6-4-10/h3-7,10H2,1-2H3,(H,11,13). The van der Waals surface area contributed by atoms with Crippen molar-refractivity contribution >= 4 is 11.8 Å². The predicted octanol–water partition coefficient (Wildman–Crippen LogP) is -1.44. The van der Waals surface area contributed by atoms with Gasteiger partial charge in [-0.05, 0) is 0 Å². The van der Waals surface area contributed by atoms with Gasteiger partial charge in [-0.2, -0.15) is 0 Å². The van der Waals surface area contributed by atoms with Crippen LogP contribution in [0.1, 0.15) is 6.42 Å². The Labute approximate surface area is 89.7 Å². The molecule has 0 bridgehead atoms. The number of likely N-dealkylation sites (N-methyl/N-ethyl adjacent to an activating group) is 1. The molecule has 88 valence electrons. The van der Waals surface area contributed by atoms with Crippen molar-refractivity contribution in [3.8, 4) is 0 Å². The summed E-state index contributed by atoms with van der Waals surface area (Å²) in [4.78, 5) is 23.7. The Morgan fingerprint density at radius 2 is 2.13 bits per heavy atom. The van der Waals surface area contributed by atoms with Gasteiger partial charge in [0.05, 0.1) is 6.61 Å². The average molecular weight is 217 g/mol. The highest BCUT2D eigenvalue weighted by molar-refractivity contribution is 5.79. The number of amides is 2. The number of carbonyl (C=O) groups is 2. The largest absolute Gasteiger partial charge is 0.370 e. The highest BCUT2D eigenvalue weighted by Crippen LogP contribution is 1.90. The van der Waals surface area contributed by atoms with Gasteiger partial charge >= 0.3 is 0 Å². The van der Waals surface area contributed by atoms with E-state index in [0.29, 0.717) is 26.1 Å². The molecule has 0 saturated heterocycles. The van der Waals surface area contributed by atoms with Gasteiger partial charge in [0.1, 0.15) is 6.61 Å². The molecule has 2 amide bonds. The molecule has 0 aromatic rings. The van der Waals surface area contributed by atoms with Crippen LogP contribution in [0.5, 0.6) is 0 Å². The second kappa shape index (κ2) is 8.19. The zero-order valence-corrected chi connectivity index (χ0v) is 9.28. The maximum Gasteiger partial charge on any atom is 0.248 e. The number of nitrogens with two attached hydrogens (primary N) is 1. The molecule has 3 N–H and O–H groups in total. The normalized spacial score (nSPS) is 9.80. The van der Waals surface area contributed by atoms with E-state index in [1.54, 1.807) is 14.1 Å². The third-order valence-corrected chi connectivity index (χ3v) is 1.87. The Bertz CT molecular complexity index is 209. The molecule has 0 spiro atoms. The van der Waals surface area contributed by atoms with Crippen LogP contribution in [0.4, 0.5) is 0 Å². The molecule has 0 rings (SSSR count). The number of nitrogens with one attached hydrogen (secondary N) is 1. The second-order valence-electron chi connectivity index (χ2n) is 3.08. The van der Waals surface area contributed by atoms with Crippen molar-refractivity contribution in [2.45, 2.75) is 6.42 Å². The number of carbonyl (C=O) groups excluding carboxylic acids is 2. The molecule has 6 nitrogen and oxygen atoms in total. The van der Waals surface area contributed by atoms with Crippen molar-refractivity contribution in [3.05, 3.63) is 0 Å². The van der Waals surface area contributed by atoms with E-state index in [-0.39, 0.29) is 18.4 Å². The first-order valence-corrected chi connectivity index (χ1v) is 4.84.